The average Bonchev–Trinajstić information content (AvgIpc) is 2.63. The first-order chi connectivity index (χ1) is 9.41. The predicted octanol–water partition coefficient (Wildman–Crippen LogP) is 3.31. The highest BCUT2D eigenvalue weighted by Gasteiger charge is 2.26. The molecule has 2 rings (SSSR count). The Kier molecular flexibility index (Phi) is 4.62. The van der Waals surface area contributed by atoms with E-state index in [4.69, 9.17) is 0 Å². The molecule has 0 N–H and O–H groups in total. The lowest BCUT2D eigenvalue weighted by atomic mass is 10.0. The van der Waals surface area contributed by atoms with Crippen LogP contribution in [0, 0.1) is 5.92 Å². The van der Waals surface area contributed by atoms with Crippen LogP contribution < -0.4 is 4.90 Å². The topological polar surface area (TPSA) is 37.4 Å². The highest BCUT2D eigenvalue weighted by Crippen LogP contribution is 2.25. The highest BCUT2D eigenvalue weighted by atomic mass is 32.2. The third-order valence-corrected chi connectivity index (χ3v) is 5.18. The molecule has 6 heteroatoms. The Balaban J connectivity index is 2.16. The van der Waals surface area contributed by atoms with Crippen LogP contribution in [0.2, 0.25) is 0 Å². The summed E-state index contributed by atoms with van der Waals surface area (Å²) >= 11 is 0. The summed E-state index contributed by atoms with van der Waals surface area (Å²) in [6.07, 6.45) is 3.38. The zero-order valence-corrected chi connectivity index (χ0v) is 12.2. The third kappa shape index (κ3) is 3.29. The molecule has 1 saturated heterocycles. The Labute approximate surface area is 118 Å². The van der Waals surface area contributed by atoms with E-state index in [1.54, 1.807) is 12.1 Å². The second-order valence-corrected chi connectivity index (χ2v) is 7.24. The van der Waals surface area contributed by atoms with Crippen molar-refractivity contribution in [3.63, 3.8) is 0 Å². The normalized spacial score (nSPS) is 21.0. The second-order valence-electron chi connectivity index (χ2n) is 5.32. The van der Waals surface area contributed by atoms with E-state index in [1.165, 1.54) is 18.6 Å². The van der Waals surface area contributed by atoms with Gasteiger partial charge in [-0.05, 0) is 49.4 Å². The highest BCUT2D eigenvalue weighted by molar-refractivity contribution is 7.91. The number of benzene rings is 1. The molecule has 1 heterocycles. The summed E-state index contributed by atoms with van der Waals surface area (Å²) in [5, 5.41) is 0. The van der Waals surface area contributed by atoms with Gasteiger partial charge in [-0.3, -0.25) is 0 Å². The summed E-state index contributed by atoms with van der Waals surface area (Å²) in [7, 11) is -4.49. The second kappa shape index (κ2) is 6.08. The number of nitrogens with zero attached hydrogens (tertiary/aromatic N) is 1. The van der Waals surface area contributed by atoms with Crippen LogP contribution >= 0.6 is 0 Å². The van der Waals surface area contributed by atoms with Gasteiger partial charge >= 0.3 is 5.76 Å². The maximum absolute atomic E-state index is 12.5. The smallest absolute Gasteiger partial charge is 0.341 e. The van der Waals surface area contributed by atoms with E-state index in [-0.39, 0.29) is 4.90 Å². The third-order valence-electron chi connectivity index (χ3n) is 3.78. The van der Waals surface area contributed by atoms with E-state index in [1.807, 2.05) is 0 Å². The minimum Gasteiger partial charge on any atom is -0.372 e. The fourth-order valence-electron chi connectivity index (χ4n) is 2.47. The molecule has 0 bridgehead atoms. The van der Waals surface area contributed by atoms with Crippen molar-refractivity contribution >= 4 is 15.5 Å². The van der Waals surface area contributed by atoms with Crippen LogP contribution in [0.1, 0.15) is 26.2 Å². The molecule has 0 aromatic heterocycles. The van der Waals surface area contributed by atoms with E-state index < -0.39 is 15.6 Å². The largest absolute Gasteiger partial charge is 0.372 e. The molecule has 0 aliphatic carbocycles. The van der Waals surface area contributed by atoms with Crippen LogP contribution in [0.15, 0.2) is 29.2 Å². The van der Waals surface area contributed by atoms with E-state index in [0.717, 1.165) is 31.6 Å². The molecule has 1 unspecified atom stereocenters. The number of hydrogen-bond donors (Lipinski definition) is 0. The summed E-state index contributed by atoms with van der Waals surface area (Å²) in [6, 6.07) is 5.77. The lowest BCUT2D eigenvalue weighted by Gasteiger charge is -2.23. The van der Waals surface area contributed by atoms with Gasteiger partial charge in [-0.2, -0.15) is 8.78 Å². The van der Waals surface area contributed by atoms with Gasteiger partial charge < -0.3 is 4.90 Å². The maximum Gasteiger partial charge on any atom is 0.341 e. The number of alkyl halides is 2. The fraction of sp³-hybridized carbons (Fsp3) is 0.571. The molecule has 1 aromatic carbocycles. The number of halogens is 2. The summed E-state index contributed by atoms with van der Waals surface area (Å²) in [4.78, 5) is 1.86. The van der Waals surface area contributed by atoms with E-state index in [9.17, 15) is 17.2 Å². The zero-order valence-electron chi connectivity index (χ0n) is 11.4. The van der Waals surface area contributed by atoms with Crippen molar-refractivity contribution in [1.82, 2.24) is 0 Å². The summed E-state index contributed by atoms with van der Waals surface area (Å²) in [6.45, 7) is 4.06. The lowest BCUT2D eigenvalue weighted by Crippen LogP contribution is -2.24. The molecule has 0 amide bonds. The van der Waals surface area contributed by atoms with Crippen molar-refractivity contribution in [2.45, 2.75) is 36.8 Å². The zero-order chi connectivity index (χ0) is 14.8. The van der Waals surface area contributed by atoms with Crippen molar-refractivity contribution in [3.05, 3.63) is 24.3 Å². The van der Waals surface area contributed by atoms with Gasteiger partial charge in [0.1, 0.15) is 0 Å². The van der Waals surface area contributed by atoms with Crippen LogP contribution in [-0.4, -0.2) is 27.3 Å². The molecule has 1 aliphatic rings. The van der Waals surface area contributed by atoms with E-state index in [0.29, 0.717) is 5.92 Å². The summed E-state index contributed by atoms with van der Waals surface area (Å²) in [5.41, 5.74) is 0.896. The molecule has 20 heavy (non-hydrogen) atoms. The standard InChI is InChI=1S/C14H19F2NO2S/c1-11-3-2-9-17(10-8-11)12-4-6-13(7-5-12)20(18,19)14(15)16/h4-7,11,14H,2-3,8-10H2,1H3. The van der Waals surface area contributed by atoms with Crippen molar-refractivity contribution in [1.29, 1.82) is 0 Å². The van der Waals surface area contributed by atoms with Gasteiger partial charge in [0.15, 0.2) is 0 Å². The van der Waals surface area contributed by atoms with Crippen LogP contribution in [0.3, 0.4) is 0 Å². The Morgan fingerprint density at radius 3 is 2.40 bits per heavy atom. The van der Waals surface area contributed by atoms with Gasteiger partial charge in [-0.15, -0.1) is 0 Å². The number of hydrogen-bond acceptors (Lipinski definition) is 3. The Morgan fingerprint density at radius 2 is 1.80 bits per heavy atom. The molecule has 0 spiro atoms. The molecular formula is C14H19F2NO2S. The molecular weight excluding hydrogens is 284 g/mol. The summed E-state index contributed by atoms with van der Waals surface area (Å²) < 4.78 is 47.6. The van der Waals surface area contributed by atoms with Crippen molar-refractivity contribution in [2.75, 3.05) is 18.0 Å². The lowest BCUT2D eigenvalue weighted by molar-refractivity contribution is 0.234. The minimum atomic E-state index is -4.49. The quantitative estimate of drug-likeness (QED) is 0.859. The van der Waals surface area contributed by atoms with Crippen molar-refractivity contribution in [2.24, 2.45) is 5.92 Å². The molecule has 1 aromatic rings. The van der Waals surface area contributed by atoms with Crippen molar-refractivity contribution < 1.29 is 17.2 Å². The van der Waals surface area contributed by atoms with Gasteiger partial charge in [-0.1, -0.05) is 6.92 Å². The minimum absolute atomic E-state index is 0.320. The number of rotatable bonds is 3. The first-order valence-electron chi connectivity index (χ1n) is 6.78. The van der Waals surface area contributed by atoms with Crippen molar-refractivity contribution in [3.8, 4) is 0 Å². The SMILES string of the molecule is CC1CCCN(c2ccc(S(=O)(=O)C(F)F)cc2)CC1. The summed E-state index contributed by atoms with van der Waals surface area (Å²) in [5.74, 6) is -2.68. The molecule has 3 nitrogen and oxygen atoms in total. The first kappa shape index (κ1) is 15.2. The average molecular weight is 303 g/mol. The fourth-order valence-corrected chi connectivity index (χ4v) is 3.19. The molecule has 1 atom stereocenters. The van der Waals surface area contributed by atoms with Crippen LogP contribution in [0.4, 0.5) is 14.5 Å². The van der Waals surface area contributed by atoms with Gasteiger partial charge in [-0.25, -0.2) is 8.42 Å². The van der Waals surface area contributed by atoms with Crippen LogP contribution in [0.25, 0.3) is 0 Å². The van der Waals surface area contributed by atoms with Crippen LogP contribution in [-0.2, 0) is 9.84 Å². The van der Waals surface area contributed by atoms with Gasteiger partial charge in [0.25, 0.3) is 0 Å². The van der Waals surface area contributed by atoms with Gasteiger partial charge in [0, 0.05) is 18.8 Å². The van der Waals surface area contributed by atoms with Crippen LogP contribution in [0.5, 0.6) is 0 Å². The Hall–Kier alpha value is -1.17. The Morgan fingerprint density at radius 1 is 1.15 bits per heavy atom. The predicted molar refractivity (Wildman–Crippen MR) is 74.9 cm³/mol. The van der Waals surface area contributed by atoms with E-state index >= 15 is 0 Å². The molecule has 0 radical (unpaired) electrons. The number of anilines is 1. The molecule has 112 valence electrons. The molecule has 0 saturated carbocycles. The number of sulfone groups is 1. The molecule has 1 fully saturated rings. The monoisotopic (exact) mass is 303 g/mol. The maximum atomic E-state index is 12.5. The van der Waals surface area contributed by atoms with Gasteiger partial charge in [0.2, 0.25) is 9.84 Å². The first-order valence-corrected chi connectivity index (χ1v) is 8.33. The molecule has 1 aliphatic heterocycles. The van der Waals surface area contributed by atoms with E-state index in [2.05, 4.69) is 11.8 Å². The Bertz CT molecular complexity index is 543. The van der Waals surface area contributed by atoms with Gasteiger partial charge in [0.05, 0.1) is 4.90 Å².